The lowest BCUT2D eigenvalue weighted by atomic mass is 9.89. The molecule has 2 amide bonds. The van der Waals surface area contributed by atoms with Crippen molar-refractivity contribution in [1.29, 1.82) is 0 Å². The normalized spacial score (nSPS) is 18.6. The van der Waals surface area contributed by atoms with Crippen molar-refractivity contribution in [2.45, 2.75) is 45.1 Å². The van der Waals surface area contributed by atoms with Crippen LogP contribution in [0.4, 0.5) is 0 Å². The van der Waals surface area contributed by atoms with Crippen LogP contribution in [0.15, 0.2) is 29.8 Å². The van der Waals surface area contributed by atoms with Gasteiger partial charge in [-0.25, -0.2) is 0 Å². The Hall–Kier alpha value is -2.14. The minimum Gasteiger partial charge on any atom is -0.300 e. The maximum atomic E-state index is 11.8. The molecule has 5 heteroatoms. The molecule has 2 aliphatic rings. The summed E-state index contributed by atoms with van der Waals surface area (Å²) < 4.78 is 0. The largest absolute Gasteiger partial charge is 0.300 e. The molecule has 0 unspecified atom stereocenters. The average molecular weight is 327 g/mol. The summed E-state index contributed by atoms with van der Waals surface area (Å²) >= 11 is 0. The van der Waals surface area contributed by atoms with Crippen LogP contribution < -0.4 is 10.9 Å². The van der Waals surface area contributed by atoms with Crippen LogP contribution in [-0.4, -0.2) is 35.8 Å². The minimum absolute atomic E-state index is 0.294. The number of amides is 2. The molecule has 0 spiro atoms. The van der Waals surface area contributed by atoms with Gasteiger partial charge in [-0.15, -0.1) is 0 Å². The number of benzene rings is 1. The van der Waals surface area contributed by atoms with Gasteiger partial charge in [0.2, 0.25) is 5.91 Å². The van der Waals surface area contributed by atoms with Crippen LogP contribution >= 0.6 is 0 Å². The zero-order chi connectivity index (χ0) is 16.9. The average Bonchev–Trinajstić information content (AvgIpc) is 2.53. The van der Waals surface area contributed by atoms with E-state index < -0.39 is 0 Å². The summed E-state index contributed by atoms with van der Waals surface area (Å²) in [5.41, 5.74) is 7.80. The van der Waals surface area contributed by atoms with E-state index in [4.69, 9.17) is 0 Å². The highest BCUT2D eigenvalue weighted by molar-refractivity contribution is 5.95. The van der Waals surface area contributed by atoms with Crippen LogP contribution in [0.5, 0.6) is 0 Å². The number of hydrazine groups is 1. The molecule has 1 aromatic carbocycles. The second kappa shape index (κ2) is 7.62. The number of nitrogens with zero attached hydrogens (tertiary/aromatic N) is 1. The van der Waals surface area contributed by atoms with E-state index in [2.05, 4.69) is 21.8 Å². The molecule has 3 rings (SSSR count). The molecule has 0 bridgehead atoms. The molecule has 128 valence electrons. The Bertz CT molecular complexity index is 623. The molecule has 0 atom stereocenters. The van der Waals surface area contributed by atoms with Gasteiger partial charge in [-0.3, -0.25) is 25.3 Å². The van der Waals surface area contributed by atoms with E-state index in [1.54, 1.807) is 12.1 Å². The van der Waals surface area contributed by atoms with Crippen molar-refractivity contribution in [2.24, 2.45) is 0 Å². The van der Waals surface area contributed by atoms with E-state index in [9.17, 15) is 9.59 Å². The fourth-order valence-electron chi connectivity index (χ4n) is 3.26. The number of likely N-dealkylation sites (tertiary alicyclic amines) is 1. The van der Waals surface area contributed by atoms with Gasteiger partial charge in [-0.1, -0.05) is 30.2 Å². The molecule has 1 saturated carbocycles. The summed E-state index contributed by atoms with van der Waals surface area (Å²) in [5, 5.41) is 0. The van der Waals surface area contributed by atoms with Gasteiger partial charge in [0, 0.05) is 31.6 Å². The lowest BCUT2D eigenvalue weighted by molar-refractivity contribution is -0.119. The zero-order valence-corrected chi connectivity index (χ0v) is 14.2. The van der Waals surface area contributed by atoms with Crippen LogP contribution in [0.3, 0.4) is 0 Å². The topological polar surface area (TPSA) is 61.4 Å². The van der Waals surface area contributed by atoms with E-state index in [1.165, 1.54) is 44.8 Å². The van der Waals surface area contributed by atoms with Gasteiger partial charge in [-0.05, 0) is 43.4 Å². The van der Waals surface area contributed by atoms with E-state index in [0.717, 1.165) is 24.4 Å². The molecule has 0 radical (unpaired) electrons. The number of hydrogen-bond donors (Lipinski definition) is 2. The van der Waals surface area contributed by atoms with E-state index in [0.29, 0.717) is 5.56 Å². The molecule has 1 aromatic rings. The monoisotopic (exact) mass is 327 g/mol. The highest BCUT2D eigenvalue weighted by Crippen LogP contribution is 2.29. The van der Waals surface area contributed by atoms with Crippen molar-refractivity contribution in [3.8, 4) is 0 Å². The Kier molecular flexibility index (Phi) is 5.30. The summed E-state index contributed by atoms with van der Waals surface area (Å²) in [6.45, 7) is 3.70. The first-order valence-corrected chi connectivity index (χ1v) is 8.72. The van der Waals surface area contributed by atoms with Crippen molar-refractivity contribution in [3.05, 3.63) is 41.0 Å². The summed E-state index contributed by atoms with van der Waals surface area (Å²) in [6.07, 6.45) is 8.67. The van der Waals surface area contributed by atoms with E-state index in [1.807, 2.05) is 12.1 Å². The van der Waals surface area contributed by atoms with Gasteiger partial charge in [0.05, 0.1) is 0 Å². The molecule has 0 aromatic heterocycles. The third-order valence-electron chi connectivity index (χ3n) is 4.93. The van der Waals surface area contributed by atoms with E-state index >= 15 is 0 Å². The first-order valence-electron chi connectivity index (χ1n) is 8.72. The van der Waals surface area contributed by atoms with Gasteiger partial charge in [-0.2, -0.15) is 0 Å². The standard InChI is InChI=1S/C19H25N3O2/c1-14(23)20-21-19(24)17-7-5-15(6-8-17)13-16-9-11-22(12-10-16)18-3-2-4-18/h5-8,13,18H,2-4,9-12H2,1H3,(H,20,23)(H,21,24). The number of carbonyl (C=O) groups excluding carboxylic acids is 2. The second-order valence-corrected chi connectivity index (χ2v) is 6.68. The van der Waals surface area contributed by atoms with Crippen molar-refractivity contribution in [3.63, 3.8) is 0 Å². The quantitative estimate of drug-likeness (QED) is 0.839. The highest BCUT2D eigenvalue weighted by Gasteiger charge is 2.26. The highest BCUT2D eigenvalue weighted by atomic mass is 16.2. The summed E-state index contributed by atoms with van der Waals surface area (Å²) in [7, 11) is 0. The summed E-state index contributed by atoms with van der Waals surface area (Å²) in [5.74, 6) is -0.601. The van der Waals surface area contributed by atoms with Gasteiger partial charge < -0.3 is 0 Å². The van der Waals surface area contributed by atoms with Gasteiger partial charge in [0.1, 0.15) is 0 Å². The maximum absolute atomic E-state index is 11.8. The van der Waals surface area contributed by atoms with E-state index in [-0.39, 0.29) is 11.8 Å². The van der Waals surface area contributed by atoms with Gasteiger partial charge in [0.15, 0.2) is 0 Å². The van der Waals surface area contributed by atoms with Gasteiger partial charge in [0.25, 0.3) is 5.91 Å². The second-order valence-electron chi connectivity index (χ2n) is 6.68. The molecule has 2 fully saturated rings. The molecule has 1 saturated heterocycles. The Morgan fingerprint density at radius 2 is 1.75 bits per heavy atom. The molecule has 24 heavy (non-hydrogen) atoms. The maximum Gasteiger partial charge on any atom is 0.269 e. The first kappa shape index (κ1) is 16.7. The smallest absolute Gasteiger partial charge is 0.269 e. The number of nitrogens with one attached hydrogen (secondary N) is 2. The predicted octanol–water partition coefficient (Wildman–Crippen LogP) is 2.50. The zero-order valence-electron chi connectivity index (χ0n) is 14.2. The number of carbonyl (C=O) groups is 2. The van der Waals surface area contributed by atoms with Crippen molar-refractivity contribution >= 4 is 17.9 Å². The van der Waals surface area contributed by atoms with Crippen LogP contribution in [0.1, 0.15) is 54.9 Å². The lowest BCUT2D eigenvalue weighted by Crippen LogP contribution is -2.43. The SMILES string of the molecule is CC(=O)NNC(=O)c1ccc(C=C2CCN(C3CCC3)CC2)cc1. The summed E-state index contributed by atoms with van der Waals surface area (Å²) in [6, 6.07) is 8.31. The lowest BCUT2D eigenvalue weighted by Gasteiger charge is -2.40. The molecular formula is C19H25N3O2. The first-order chi connectivity index (χ1) is 11.6. The Morgan fingerprint density at radius 3 is 2.29 bits per heavy atom. The number of hydrogen-bond acceptors (Lipinski definition) is 3. The third kappa shape index (κ3) is 4.23. The summed E-state index contributed by atoms with van der Waals surface area (Å²) in [4.78, 5) is 25.3. The fourth-order valence-corrected chi connectivity index (χ4v) is 3.26. The molecule has 1 heterocycles. The molecule has 2 N–H and O–H groups in total. The fraction of sp³-hybridized carbons (Fsp3) is 0.474. The van der Waals surface area contributed by atoms with Crippen molar-refractivity contribution in [1.82, 2.24) is 15.8 Å². The van der Waals surface area contributed by atoms with Crippen LogP contribution in [0.2, 0.25) is 0 Å². The van der Waals surface area contributed by atoms with Crippen molar-refractivity contribution < 1.29 is 9.59 Å². The number of piperidine rings is 1. The molecule has 1 aliphatic heterocycles. The van der Waals surface area contributed by atoms with Crippen LogP contribution in [-0.2, 0) is 4.79 Å². The molecule has 1 aliphatic carbocycles. The minimum atomic E-state index is -0.307. The van der Waals surface area contributed by atoms with Crippen LogP contribution in [0, 0.1) is 0 Å². The van der Waals surface area contributed by atoms with Crippen LogP contribution in [0.25, 0.3) is 6.08 Å². The molecular weight excluding hydrogens is 302 g/mol. The number of rotatable bonds is 3. The Morgan fingerprint density at radius 1 is 1.08 bits per heavy atom. The van der Waals surface area contributed by atoms with Crippen molar-refractivity contribution in [2.75, 3.05) is 13.1 Å². The molecule has 5 nitrogen and oxygen atoms in total. The Labute approximate surface area is 143 Å². The third-order valence-corrected chi connectivity index (χ3v) is 4.93. The van der Waals surface area contributed by atoms with Gasteiger partial charge >= 0.3 is 0 Å². The Balaban J connectivity index is 1.54. The predicted molar refractivity (Wildman–Crippen MR) is 94.1 cm³/mol.